The van der Waals surface area contributed by atoms with Gasteiger partial charge in [0, 0.05) is 12.2 Å². The zero-order valence-corrected chi connectivity index (χ0v) is 12.3. The molecule has 0 radical (unpaired) electrons. The third-order valence-corrected chi connectivity index (χ3v) is 3.99. The van der Waals surface area contributed by atoms with Crippen LogP contribution >= 0.6 is 0 Å². The van der Waals surface area contributed by atoms with Crippen molar-refractivity contribution in [2.45, 2.75) is 26.2 Å². The fraction of sp³-hybridized carbons (Fsp3) is 0.500. The van der Waals surface area contributed by atoms with Gasteiger partial charge in [-0.25, -0.2) is 0 Å². The molecule has 108 valence electrons. The summed E-state index contributed by atoms with van der Waals surface area (Å²) in [4.78, 5) is 2.33. The normalized spacial score (nSPS) is 22.9. The Hall–Kier alpha value is -1.52. The van der Waals surface area contributed by atoms with Crippen LogP contribution in [0.15, 0.2) is 35.4 Å². The number of hydrogen-bond donors (Lipinski definition) is 0. The van der Waals surface area contributed by atoms with Crippen molar-refractivity contribution < 1.29 is 14.2 Å². The van der Waals surface area contributed by atoms with Crippen LogP contribution in [0.2, 0.25) is 0 Å². The molecule has 2 saturated heterocycles. The van der Waals surface area contributed by atoms with Gasteiger partial charge in [0.05, 0.1) is 20.3 Å². The maximum atomic E-state index is 5.71. The van der Waals surface area contributed by atoms with Gasteiger partial charge in [-0.05, 0) is 43.7 Å². The monoisotopic (exact) mass is 275 g/mol. The number of nitrogens with zero attached hydrogens (tertiary/aromatic N) is 1. The molecule has 1 atom stereocenters. The summed E-state index contributed by atoms with van der Waals surface area (Å²) in [5.74, 6) is 0.877. The van der Waals surface area contributed by atoms with Gasteiger partial charge in [0.15, 0.2) is 6.29 Å². The molecule has 4 heteroatoms. The predicted molar refractivity (Wildman–Crippen MR) is 78.2 cm³/mol. The van der Waals surface area contributed by atoms with Gasteiger partial charge in [0.1, 0.15) is 11.8 Å². The number of methoxy groups -OCH3 is 1. The first kappa shape index (κ1) is 13.5. The number of benzene rings is 1. The lowest BCUT2D eigenvalue weighted by Crippen LogP contribution is -2.57. The number of anilines is 1. The summed E-state index contributed by atoms with van der Waals surface area (Å²) in [6.07, 6.45) is -0.143. The van der Waals surface area contributed by atoms with Crippen LogP contribution in [-0.4, -0.2) is 39.2 Å². The highest BCUT2D eigenvalue weighted by Gasteiger charge is 2.42. The summed E-state index contributed by atoms with van der Waals surface area (Å²) >= 11 is 0. The fourth-order valence-electron chi connectivity index (χ4n) is 2.80. The quantitative estimate of drug-likeness (QED) is 0.793. The Morgan fingerprint density at radius 1 is 1.15 bits per heavy atom. The van der Waals surface area contributed by atoms with Crippen molar-refractivity contribution in [2.24, 2.45) is 0 Å². The van der Waals surface area contributed by atoms with E-state index in [1.807, 2.05) is 12.1 Å². The molecular formula is C16H21NO3. The topological polar surface area (TPSA) is 30.9 Å². The average molecular weight is 275 g/mol. The molecule has 1 aromatic rings. The van der Waals surface area contributed by atoms with Crippen molar-refractivity contribution in [1.29, 1.82) is 0 Å². The van der Waals surface area contributed by atoms with E-state index in [1.54, 1.807) is 7.11 Å². The van der Waals surface area contributed by atoms with Crippen LogP contribution in [0, 0.1) is 0 Å². The highest BCUT2D eigenvalue weighted by molar-refractivity contribution is 5.58. The van der Waals surface area contributed by atoms with Crippen molar-refractivity contribution in [3.8, 4) is 5.75 Å². The van der Waals surface area contributed by atoms with Crippen LogP contribution < -0.4 is 9.64 Å². The second kappa shape index (κ2) is 5.46. The summed E-state index contributed by atoms with van der Waals surface area (Å²) in [6.45, 7) is 6.63. The molecule has 2 fully saturated rings. The van der Waals surface area contributed by atoms with Gasteiger partial charge in [-0.3, -0.25) is 0 Å². The van der Waals surface area contributed by atoms with E-state index < -0.39 is 0 Å². The van der Waals surface area contributed by atoms with Gasteiger partial charge in [0.2, 0.25) is 0 Å². The number of ether oxygens (including phenoxy) is 3. The largest absolute Gasteiger partial charge is 0.497 e. The number of allylic oxidation sites excluding steroid dienone is 1. The molecule has 2 aliphatic heterocycles. The molecule has 0 bridgehead atoms. The van der Waals surface area contributed by atoms with Crippen LogP contribution in [0.4, 0.5) is 5.69 Å². The average Bonchev–Trinajstić information content (AvgIpc) is 2.91. The predicted octanol–water partition coefficient (Wildman–Crippen LogP) is 2.59. The Bertz CT molecular complexity index is 499. The molecule has 1 unspecified atom stereocenters. The molecule has 20 heavy (non-hydrogen) atoms. The maximum absolute atomic E-state index is 5.71. The van der Waals surface area contributed by atoms with E-state index in [1.165, 1.54) is 16.8 Å². The second-order valence-electron chi connectivity index (χ2n) is 5.41. The molecule has 0 aromatic heterocycles. The van der Waals surface area contributed by atoms with Crippen molar-refractivity contribution in [2.75, 3.05) is 31.8 Å². The van der Waals surface area contributed by atoms with Gasteiger partial charge in [-0.2, -0.15) is 0 Å². The van der Waals surface area contributed by atoms with E-state index in [2.05, 4.69) is 30.9 Å². The molecule has 0 N–H and O–H groups in total. The Labute approximate surface area is 119 Å². The van der Waals surface area contributed by atoms with Crippen LogP contribution in [0.25, 0.3) is 0 Å². The van der Waals surface area contributed by atoms with E-state index >= 15 is 0 Å². The first-order chi connectivity index (χ1) is 9.70. The molecule has 0 spiro atoms. The SMILES string of the molecule is COc1ccc(N2CC(=C(C)C)C2C2OCCO2)cc1. The van der Waals surface area contributed by atoms with E-state index in [0.29, 0.717) is 13.2 Å². The third-order valence-electron chi connectivity index (χ3n) is 3.99. The Morgan fingerprint density at radius 2 is 1.80 bits per heavy atom. The molecule has 1 aromatic carbocycles. The molecule has 0 saturated carbocycles. The van der Waals surface area contributed by atoms with Crippen LogP contribution in [-0.2, 0) is 9.47 Å². The standard InChI is InChI=1S/C16H21NO3/c1-11(2)14-10-17(15(14)16-19-8-9-20-16)12-4-6-13(18-3)7-5-12/h4-7,15-16H,8-10H2,1-3H3. The minimum absolute atomic E-state index is 0.143. The summed E-state index contributed by atoms with van der Waals surface area (Å²) < 4.78 is 16.6. The van der Waals surface area contributed by atoms with Crippen molar-refractivity contribution in [3.05, 3.63) is 35.4 Å². The number of rotatable bonds is 3. The van der Waals surface area contributed by atoms with Crippen molar-refractivity contribution in [3.63, 3.8) is 0 Å². The molecule has 2 aliphatic rings. The molecule has 4 nitrogen and oxygen atoms in total. The second-order valence-corrected chi connectivity index (χ2v) is 5.41. The van der Waals surface area contributed by atoms with Gasteiger partial charge < -0.3 is 19.1 Å². The summed E-state index contributed by atoms with van der Waals surface area (Å²) in [6, 6.07) is 8.35. The first-order valence-electron chi connectivity index (χ1n) is 7.01. The molecule has 0 aliphatic carbocycles. The molecular weight excluding hydrogens is 254 g/mol. The smallest absolute Gasteiger partial charge is 0.181 e. The fourth-order valence-corrected chi connectivity index (χ4v) is 2.80. The van der Waals surface area contributed by atoms with Gasteiger partial charge >= 0.3 is 0 Å². The highest BCUT2D eigenvalue weighted by atomic mass is 16.7. The zero-order chi connectivity index (χ0) is 14.1. The first-order valence-corrected chi connectivity index (χ1v) is 7.01. The van der Waals surface area contributed by atoms with E-state index in [0.717, 1.165) is 12.3 Å². The lowest BCUT2D eigenvalue weighted by atomic mass is 9.90. The van der Waals surface area contributed by atoms with Gasteiger partial charge in [0.25, 0.3) is 0 Å². The van der Waals surface area contributed by atoms with Crippen LogP contribution in [0.1, 0.15) is 13.8 Å². The van der Waals surface area contributed by atoms with Crippen LogP contribution in [0.3, 0.4) is 0 Å². The van der Waals surface area contributed by atoms with Gasteiger partial charge in [-0.15, -0.1) is 0 Å². The van der Waals surface area contributed by atoms with E-state index in [-0.39, 0.29) is 12.3 Å². The van der Waals surface area contributed by atoms with E-state index in [9.17, 15) is 0 Å². The lowest BCUT2D eigenvalue weighted by molar-refractivity contribution is -0.0594. The Kier molecular flexibility index (Phi) is 3.68. The van der Waals surface area contributed by atoms with Crippen molar-refractivity contribution >= 4 is 5.69 Å². The van der Waals surface area contributed by atoms with Crippen LogP contribution in [0.5, 0.6) is 5.75 Å². The van der Waals surface area contributed by atoms with E-state index in [4.69, 9.17) is 14.2 Å². The van der Waals surface area contributed by atoms with Gasteiger partial charge in [-0.1, -0.05) is 5.57 Å². The highest BCUT2D eigenvalue weighted by Crippen LogP contribution is 2.37. The Balaban J connectivity index is 1.83. The third kappa shape index (κ3) is 2.30. The Morgan fingerprint density at radius 3 is 2.35 bits per heavy atom. The summed E-state index contributed by atoms with van der Waals surface area (Å²) in [5, 5.41) is 0. The molecule has 2 heterocycles. The van der Waals surface area contributed by atoms with Crippen molar-refractivity contribution in [1.82, 2.24) is 0 Å². The number of hydrogen-bond acceptors (Lipinski definition) is 4. The minimum atomic E-state index is -0.143. The molecule has 0 amide bonds. The summed E-state index contributed by atoms with van der Waals surface area (Å²) in [7, 11) is 1.68. The lowest BCUT2D eigenvalue weighted by Gasteiger charge is -2.48. The maximum Gasteiger partial charge on any atom is 0.181 e. The minimum Gasteiger partial charge on any atom is -0.497 e. The zero-order valence-electron chi connectivity index (χ0n) is 12.3. The molecule has 3 rings (SSSR count). The summed E-state index contributed by atoms with van der Waals surface area (Å²) in [5.41, 5.74) is 3.96.